The van der Waals surface area contributed by atoms with Gasteiger partial charge in [-0.05, 0) is 12.3 Å². The van der Waals surface area contributed by atoms with E-state index >= 15 is 0 Å². The van der Waals surface area contributed by atoms with Crippen LogP contribution >= 0.6 is 11.6 Å². The summed E-state index contributed by atoms with van der Waals surface area (Å²) >= 11 is 6.02. The van der Waals surface area contributed by atoms with Crippen molar-refractivity contribution in [3.63, 3.8) is 0 Å². The lowest BCUT2D eigenvalue weighted by Gasteiger charge is -2.21. The smallest absolute Gasteiger partial charge is 0.159 e. The van der Waals surface area contributed by atoms with Gasteiger partial charge in [0.2, 0.25) is 0 Å². The zero-order valence-electron chi connectivity index (χ0n) is 11.0. The maximum Gasteiger partial charge on any atom is 0.159 e. The second-order valence-corrected chi connectivity index (χ2v) is 5.67. The van der Waals surface area contributed by atoms with Crippen LogP contribution in [0.25, 0.3) is 5.65 Å². The van der Waals surface area contributed by atoms with Crippen LogP contribution in [0.5, 0.6) is 0 Å². The highest BCUT2D eigenvalue weighted by molar-refractivity contribution is 6.29. The Morgan fingerprint density at radius 3 is 3.00 bits per heavy atom. The van der Waals surface area contributed by atoms with Crippen molar-refractivity contribution in [3.8, 4) is 0 Å². The Bertz CT molecular complexity index is 545. The molecule has 19 heavy (non-hydrogen) atoms. The Morgan fingerprint density at radius 1 is 1.32 bits per heavy atom. The first kappa shape index (κ1) is 12.7. The van der Waals surface area contributed by atoms with Gasteiger partial charge >= 0.3 is 0 Å². The quantitative estimate of drug-likeness (QED) is 0.866. The predicted molar refractivity (Wildman–Crippen MR) is 77.7 cm³/mol. The van der Waals surface area contributed by atoms with E-state index in [1.165, 1.54) is 38.5 Å². The van der Waals surface area contributed by atoms with Gasteiger partial charge in [-0.1, -0.05) is 43.7 Å². The van der Waals surface area contributed by atoms with E-state index in [0.29, 0.717) is 5.15 Å². The topological polar surface area (TPSA) is 42.2 Å². The molecular formula is C14H19ClN4. The first-order valence-corrected chi connectivity index (χ1v) is 7.45. The molecule has 0 aromatic carbocycles. The molecule has 0 bridgehead atoms. The fourth-order valence-electron chi connectivity index (χ4n) is 2.89. The van der Waals surface area contributed by atoms with Crippen molar-refractivity contribution in [2.75, 3.05) is 11.9 Å². The number of nitrogens with one attached hydrogen (secondary N) is 1. The summed E-state index contributed by atoms with van der Waals surface area (Å²) in [5, 5.41) is 8.20. The van der Waals surface area contributed by atoms with Crippen LogP contribution in [0.15, 0.2) is 18.3 Å². The summed E-state index contributed by atoms with van der Waals surface area (Å²) in [5.74, 6) is 1.81. The summed E-state index contributed by atoms with van der Waals surface area (Å²) in [6, 6.07) is 3.70. The van der Waals surface area contributed by atoms with E-state index in [1.54, 1.807) is 10.7 Å². The molecule has 4 nitrogen and oxygen atoms in total. The van der Waals surface area contributed by atoms with Gasteiger partial charge in [0, 0.05) is 18.7 Å². The maximum atomic E-state index is 6.02. The molecule has 0 spiro atoms. The second kappa shape index (κ2) is 5.78. The molecule has 3 rings (SSSR count). The molecule has 0 unspecified atom stereocenters. The van der Waals surface area contributed by atoms with E-state index in [4.69, 9.17) is 11.6 Å². The number of nitrogens with zero attached hydrogens (tertiary/aromatic N) is 3. The fourth-order valence-corrected chi connectivity index (χ4v) is 3.08. The molecule has 2 aromatic heterocycles. The van der Waals surface area contributed by atoms with Crippen LogP contribution in [0.2, 0.25) is 5.15 Å². The standard InChI is InChI=1S/C14H19ClN4/c15-12-10-14(19-13(18-12)7-9-17-19)16-8-6-11-4-2-1-3-5-11/h7,9-11,16H,1-6,8H2. The van der Waals surface area contributed by atoms with E-state index < -0.39 is 0 Å². The lowest BCUT2D eigenvalue weighted by Crippen LogP contribution is -2.14. The number of anilines is 1. The van der Waals surface area contributed by atoms with Gasteiger partial charge < -0.3 is 5.32 Å². The highest BCUT2D eigenvalue weighted by Crippen LogP contribution is 2.26. The summed E-state index contributed by atoms with van der Waals surface area (Å²) < 4.78 is 1.80. The van der Waals surface area contributed by atoms with E-state index in [-0.39, 0.29) is 0 Å². The Hall–Kier alpha value is -1.29. The van der Waals surface area contributed by atoms with E-state index in [1.807, 2.05) is 12.1 Å². The molecule has 0 saturated heterocycles. The van der Waals surface area contributed by atoms with Gasteiger partial charge in [-0.3, -0.25) is 0 Å². The molecular weight excluding hydrogens is 260 g/mol. The molecule has 2 heterocycles. The van der Waals surface area contributed by atoms with Gasteiger partial charge in [0.1, 0.15) is 11.0 Å². The average Bonchev–Trinajstić information content (AvgIpc) is 2.88. The third-order valence-electron chi connectivity index (χ3n) is 3.91. The van der Waals surface area contributed by atoms with Gasteiger partial charge in [-0.15, -0.1) is 0 Å². The average molecular weight is 279 g/mol. The molecule has 2 aromatic rings. The SMILES string of the molecule is Clc1cc(NCCC2CCCCC2)n2nccc2n1. The third kappa shape index (κ3) is 3.00. The number of fused-ring (bicyclic) bond motifs is 1. The Balaban J connectivity index is 1.63. The number of halogens is 1. The molecule has 0 aliphatic heterocycles. The molecule has 0 amide bonds. The minimum Gasteiger partial charge on any atom is -0.370 e. The van der Waals surface area contributed by atoms with Gasteiger partial charge in [0.15, 0.2) is 5.65 Å². The van der Waals surface area contributed by atoms with Crippen molar-refractivity contribution in [2.24, 2.45) is 5.92 Å². The minimum absolute atomic E-state index is 0.508. The van der Waals surface area contributed by atoms with Crippen molar-refractivity contribution in [1.82, 2.24) is 14.6 Å². The maximum absolute atomic E-state index is 6.02. The van der Waals surface area contributed by atoms with Crippen molar-refractivity contribution >= 4 is 23.1 Å². The summed E-state index contributed by atoms with van der Waals surface area (Å²) in [6.45, 7) is 0.972. The lowest BCUT2D eigenvalue weighted by molar-refractivity contribution is 0.345. The van der Waals surface area contributed by atoms with Gasteiger partial charge in [0.05, 0.1) is 6.20 Å². The van der Waals surface area contributed by atoms with Crippen LogP contribution in [0.3, 0.4) is 0 Å². The highest BCUT2D eigenvalue weighted by Gasteiger charge is 2.13. The summed E-state index contributed by atoms with van der Waals surface area (Å²) in [7, 11) is 0. The molecule has 1 aliphatic carbocycles. The van der Waals surface area contributed by atoms with Gasteiger partial charge in [-0.2, -0.15) is 9.61 Å². The Morgan fingerprint density at radius 2 is 2.16 bits per heavy atom. The summed E-state index contributed by atoms with van der Waals surface area (Å²) in [5.41, 5.74) is 0.785. The number of aromatic nitrogens is 3. The van der Waals surface area contributed by atoms with Crippen molar-refractivity contribution in [1.29, 1.82) is 0 Å². The van der Waals surface area contributed by atoms with E-state index in [2.05, 4.69) is 15.4 Å². The van der Waals surface area contributed by atoms with E-state index in [0.717, 1.165) is 23.9 Å². The third-order valence-corrected chi connectivity index (χ3v) is 4.11. The summed E-state index contributed by atoms with van der Waals surface area (Å²) in [6.07, 6.45) is 9.95. The molecule has 102 valence electrons. The monoisotopic (exact) mass is 278 g/mol. The highest BCUT2D eigenvalue weighted by atomic mass is 35.5. The van der Waals surface area contributed by atoms with Crippen LogP contribution in [-0.4, -0.2) is 21.1 Å². The molecule has 0 radical (unpaired) electrons. The predicted octanol–water partition coefficient (Wildman–Crippen LogP) is 3.77. The number of rotatable bonds is 4. The molecule has 1 N–H and O–H groups in total. The van der Waals surface area contributed by atoms with Gasteiger partial charge in [0.25, 0.3) is 0 Å². The zero-order chi connectivity index (χ0) is 13.1. The Kier molecular flexibility index (Phi) is 3.87. The van der Waals surface area contributed by atoms with Crippen LogP contribution in [0, 0.1) is 5.92 Å². The summed E-state index contributed by atoms with van der Waals surface area (Å²) in [4.78, 5) is 4.22. The van der Waals surface area contributed by atoms with Gasteiger partial charge in [-0.25, -0.2) is 4.98 Å². The minimum atomic E-state index is 0.508. The van der Waals surface area contributed by atoms with Crippen LogP contribution in [0.4, 0.5) is 5.82 Å². The molecule has 1 fully saturated rings. The largest absolute Gasteiger partial charge is 0.370 e. The first-order valence-electron chi connectivity index (χ1n) is 7.07. The van der Waals surface area contributed by atoms with Crippen molar-refractivity contribution < 1.29 is 0 Å². The van der Waals surface area contributed by atoms with Crippen LogP contribution < -0.4 is 5.32 Å². The molecule has 1 saturated carbocycles. The fraction of sp³-hybridized carbons (Fsp3) is 0.571. The molecule has 1 aliphatic rings. The second-order valence-electron chi connectivity index (χ2n) is 5.28. The molecule has 5 heteroatoms. The molecule has 0 atom stereocenters. The van der Waals surface area contributed by atoms with Crippen LogP contribution in [-0.2, 0) is 0 Å². The first-order chi connectivity index (χ1) is 9.33. The number of hydrogen-bond acceptors (Lipinski definition) is 3. The Labute approximate surface area is 118 Å². The lowest BCUT2D eigenvalue weighted by atomic mass is 9.87. The van der Waals surface area contributed by atoms with Crippen LogP contribution in [0.1, 0.15) is 38.5 Å². The zero-order valence-corrected chi connectivity index (χ0v) is 11.7. The normalized spacial score (nSPS) is 16.9. The van der Waals surface area contributed by atoms with Crippen molar-refractivity contribution in [3.05, 3.63) is 23.5 Å². The van der Waals surface area contributed by atoms with E-state index in [9.17, 15) is 0 Å². The van der Waals surface area contributed by atoms with Crippen molar-refractivity contribution in [2.45, 2.75) is 38.5 Å². The number of hydrogen-bond donors (Lipinski definition) is 1.